The Balaban J connectivity index is 2.92. The van der Waals surface area contributed by atoms with Crippen molar-refractivity contribution in [2.45, 2.75) is 45.2 Å². The van der Waals surface area contributed by atoms with E-state index in [9.17, 15) is 13.5 Å². The molecule has 20 heavy (non-hydrogen) atoms. The molecular formula is C13H29N3O3S. The third kappa shape index (κ3) is 4.14. The summed E-state index contributed by atoms with van der Waals surface area (Å²) in [6.07, 6.45) is 2.60. The average molecular weight is 307 g/mol. The molecule has 0 aromatic heterocycles. The molecule has 120 valence electrons. The van der Waals surface area contributed by atoms with Crippen molar-refractivity contribution in [3.05, 3.63) is 0 Å². The van der Waals surface area contributed by atoms with E-state index in [0.29, 0.717) is 19.6 Å². The van der Waals surface area contributed by atoms with Crippen LogP contribution in [0.2, 0.25) is 0 Å². The number of rotatable bonds is 7. The van der Waals surface area contributed by atoms with Crippen molar-refractivity contribution in [3.63, 3.8) is 0 Å². The van der Waals surface area contributed by atoms with Crippen LogP contribution in [0.25, 0.3) is 0 Å². The second kappa shape index (κ2) is 7.70. The third-order valence-electron chi connectivity index (χ3n) is 3.81. The Bertz CT molecular complexity index is 386. The number of aliphatic hydroxyl groups excluding tert-OH is 1. The van der Waals surface area contributed by atoms with Crippen molar-refractivity contribution in [2.24, 2.45) is 0 Å². The summed E-state index contributed by atoms with van der Waals surface area (Å²) in [7, 11) is 0.377. The highest BCUT2D eigenvalue weighted by Crippen LogP contribution is 2.23. The van der Waals surface area contributed by atoms with Crippen molar-refractivity contribution in [2.75, 3.05) is 40.3 Å². The van der Waals surface area contributed by atoms with E-state index in [1.54, 1.807) is 4.31 Å². The highest BCUT2D eigenvalue weighted by atomic mass is 32.2. The lowest BCUT2D eigenvalue weighted by molar-refractivity contribution is 0.143. The molecule has 2 atom stereocenters. The second-order valence-electron chi connectivity index (χ2n) is 5.77. The minimum Gasteiger partial charge on any atom is -0.395 e. The van der Waals surface area contributed by atoms with Gasteiger partial charge in [-0.1, -0.05) is 13.3 Å². The normalized spacial score (nSPS) is 23.4. The molecule has 1 saturated heterocycles. The summed E-state index contributed by atoms with van der Waals surface area (Å²) in [6.45, 7) is 5.34. The van der Waals surface area contributed by atoms with E-state index in [1.165, 1.54) is 4.31 Å². The summed E-state index contributed by atoms with van der Waals surface area (Å²) in [5.41, 5.74) is 0. The maximum Gasteiger partial charge on any atom is 0.282 e. The Hall–Kier alpha value is -0.210. The molecule has 1 rings (SSSR count). The maximum atomic E-state index is 12.8. The standard InChI is InChI=1S/C13H29N3O3S/c1-5-15(12(2)10-14(3)4)20(18,19)16-9-7-6-8-13(16)11-17/h12-13,17H,5-11H2,1-4H3. The van der Waals surface area contributed by atoms with Crippen LogP contribution in [0.5, 0.6) is 0 Å². The highest BCUT2D eigenvalue weighted by molar-refractivity contribution is 7.86. The summed E-state index contributed by atoms with van der Waals surface area (Å²) in [4.78, 5) is 1.99. The van der Waals surface area contributed by atoms with E-state index in [4.69, 9.17) is 0 Å². The molecule has 7 heteroatoms. The molecule has 0 amide bonds. The van der Waals surface area contributed by atoms with Gasteiger partial charge in [0.15, 0.2) is 0 Å². The molecule has 0 aliphatic carbocycles. The summed E-state index contributed by atoms with van der Waals surface area (Å²) >= 11 is 0. The van der Waals surface area contributed by atoms with E-state index in [1.807, 2.05) is 32.8 Å². The monoisotopic (exact) mass is 307 g/mol. The first-order valence-electron chi connectivity index (χ1n) is 7.38. The molecular weight excluding hydrogens is 278 g/mol. The van der Waals surface area contributed by atoms with Crippen molar-refractivity contribution >= 4 is 10.2 Å². The predicted molar refractivity (Wildman–Crippen MR) is 80.7 cm³/mol. The lowest BCUT2D eigenvalue weighted by Crippen LogP contribution is -2.55. The first-order valence-corrected chi connectivity index (χ1v) is 8.78. The van der Waals surface area contributed by atoms with Gasteiger partial charge in [-0.25, -0.2) is 0 Å². The van der Waals surface area contributed by atoms with E-state index >= 15 is 0 Å². The summed E-state index contributed by atoms with van der Waals surface area (Å²) in [6, 6.07) is -0.351. The Morgan fingerprint density at radius 2 is 2.00 bits per heavy atom. The van der Waals surface area contributed by atoms with Crippen LogP contribution < -0.4 is 0 Å². The second-order valence-corrected chi connectivity index (χ2v) is 7.60. The van der Waals surface area contributed by atoms with Gasteiger partial charge in [0.05, 0.1) is 6.61 Å². The number of piperidine rings is 1. The molecule has 0 bridgehead atoms. The lowest BCUT2D eigenvalue weighted by atomic mass is 10.1. The van der Waals surface area contributed by atoms with Crippen LogP contribution in [-0.2, 0) is 10.2 Å². The van der Waals surface area contributed by atoms with Gasteiger partial charge in [-0.3, -0.25) is 0 Å². The summed E-state index contributed by atoms with van der Waals surface area (Å²) in [5, 5.41) is 9.43. The van der Waals surface area contributed by atoms with E-state index in [-0.39, 0.29) is 18.7 Å². The predicted octanol–water partition coefficient (Wildman–Crippen LogP) is 0.350. The lowest BCUT2D eigenvalue weighted by Gasteiger charge is -2.39. The minimum absolute atomic E-state index is 0.0822. The molecule has 0 spiro atoms. The van der Waals surface area contributed by atoms with Crippen molar-refractivity contribution in [1.29, 1.82) is 0 Å². The van der Waals surface area contributed by atoms with Crippen LogP contribution in [0.4, 0.5) is 0 Å². The summed E-state index contributed by atoms with van der Waals surface area (Å²) < 4.78 is 28.7. The molecule has 6 nitrogen and oxygen atoms in total. The van der Waals surface area contributed by atoms with Crippen LogP contribution in [-0.4, -0.2) is 79.5 Å². The molecule has 1 aliphatic rings. The van der Waals surface area contributed by atoms with E-state index < -0.39 is 10.2 Å². The van der Waals surface area contributed by atoms with Crippen LogP contribution in [0.1, 0.15) is 33.1 Å². The molecule has 2 unspecified atom stereocenters. The fraction of sp³-hybridized carbons (Fsp3) is 1.00. The van der Waals surface area contributed by atoms with Crippen LogP contribution >= 0.6 is 0 Å². The number of nitrogens with zero attached hydrogens (tertiary/aromatic N) is 3. The van der Waals surface area contributed by atoms with Gasteiger partial charge in [0.1, 0.15) is 0 Å². The van der Waals surface area contributed by atoms with Gasteiger partial charge in [0, 0.05) is 31.7 Å². The maximum absolute atomic E-state index is 12.8. The Labute approximate surface area is 123 Å². The smallest absolute Gasteiger partial charge is 0.282 e. The number of aliphatic hydroxyl groups is 1. The van der Waals surface area contributed by atoms with E-state index in [0.717, 1.165) is 19.3 Å². The Morgan fingerprint density at radius 1 is 1.35 bits per heavy atom. The fourth-order valence-electron chi connectivity index (χ4n) is 2.92. The molecule has 1 aliphatic heterocycles. The Morgan fingerprint density at radius 3 is 2.50 bits per heavy atom. The first-order chi connectivity index (χ1) is 9.34. The molecule has 0 saturated carbocycles. The largest absolute Gasteiger partial charge is 0.395 e. The highest BCUT2D eigenvalue weighted by Gasteiger charge is 2.37. The van der Waals surface area contributed by atoms with Crippen molar-refractivity contribution in [3.8, 4) is 0 Å². The van der Waals surface area contributed by atoms with Gasteiger partial charge in [-0.15, -0.1) is 0 Å². The SMILES string of the molecule is CCN(C(C)CN(C)C)S(=O)(=O)N1CCCCC1CO. The van der Waals surface area contributed by atoms with Crippen LogP contribution in [0, 0.1) is 0 Å². The molecule has 0 aromatic carbocycles. The van der Waals surface area contributed by atoms with Crippen LogP contribution in [0.15, 0.2) is 0 Å². The molecule has 1 fully saturated rings. The van der Waals surface area contributed by atoms with Crippen molar-refractivity contribution in [1.82, 2.24) is 13.5 Å². The first kappa shape index (κ1) is 17.8. The average Bonchev–Trinajstić information content (AvgIpc) is 2.38. The Kier molecular flexibility index (Phi) is 6.87. The molecule has 1 N–H and O–H groups in total. The van der Waals surface area contributed by atoms with Gasteiger partial charge in [0.2, 0.25) is 0 Å². The topological polar surface area (TPSA) is 64.1 Å². The number of hydrogen-bond donors (Lipinski definition) is 1. The minimum atomic E-state index is -3.50. The van der Waals surface area contributed by atoms with Gasteiger partial charge in [-0.2, -0.15) is 17.0 Å². The zero-order valence-corrected chi connectivity index (χ0v) is 13.9. The van der Waals surface area contributed by atoms with Gasteiger partial charge < -0.3 is 10.0 Å². The fourth-order valence-corrected chi connectivity index (χ4v) is 4.94. The quantitative estimate of drug-likeness (QED) is 0.737. The number of likely N-dealkylation sites (N-methyl/N-ethyl adjacent to an activating group) is 2. The van der Waals surface area contributed by atoms with E-state index in [2.05, 4.69) is 0 Å². The number of hydrogen-bond acceptors (Lipinski definition) is 4. The molecule has 1 heterocycles. The zero-order chi connectivity index (χ0) is 15.3. The molecule has 0 radical (unpaired) electrons. The third-order valence-corrected chi connectivity index (χ3v) is 6.09. The van der Waals surface area contributed by atoms with Gasteiger partial charge in [-0.05, 0) is 33.9 Å². The van der Waals surface area contributed by atoms with Gasteiger partial charge >= 0.3 is 0 Å². The zero-order valence-electron chi connectivity index (χ0n) is 13.1. The molecule has 0 aromatic rings. The van der Waals surface area contributed by atoms with Crippen molar-refractivity contribution < 1.29 is 13.5 Å². The van der Waals surface area contributed by atoms with Gasteiger partial charge in [0.25, 0.3) is 10.2 Å². The van der Waals surface area contributed by atoms with Crippen LogP contribution in [0.3, 0.4) is 0 Å². The summed E-state index contributed by atoms with van der Waals surface area (Å²) in [5.74, 6) is 0.